The van der Waals surface area contributed by atoms with E-state index in [2.05, 4.69) is 12.1 Å². The molecular formula is C14H23NO2. The van der Waals surface area contributed by atoms with Crippen LogP contribution >= 0.6 is 0 Å². The first kappa shape index (κ1) is 14.2. The van der Waals surface area contributed by atoms with Gasteiger partial charge in [-0.1, -0.05) is 24.3 Å². The Morgan fingerprint density at radius 2 is 1.88 bits per heavy atom. The summed E-state index contributed by atoms with van der Waals surface area (Å²) in [7, 11) is 3.38. The lowest BCUT2D eigenvalue weighted by atomic mass is 9.91. The second-order valence-corrected chi connectivity index (χ2v) is 5.04. The van der Waals surface area contributed by atoms with E-state index in [1.807, 2.05) is 26.0 Å². The molecule has 0 saturated carbocycles. The fourth-order valence-corrected chi connectivity index (χ4v) is 1.94. The van der Waals surface area contributed by atoms with Crippen molar-refractivity contribution >= 4 is 0 Å². The molecule has 1 aromatic rings. The molecule has 0 saturated heterocycles. The number of methoxy groups -OCH3 is 2. The molecule has 1 rings (SSSR count). The molecule has 0 aromatic heterocycles. The van der Waals surface area contributed by atoms with Crippen molar-refractivity contribution in [1.82, 2.24) is 0 Å². The van der Waals surface area contributed by atoms with Crippen molar-refractivity contribution in [3.63, 3.8) is 0 Å². The van der Waals surface area contributed by atoms with Crippen LogP contribution in [0.1, 0.15) is 31.1 Å². The van der Waals surface area contributed by atoms with Crippen LogP contribution in [0, 0.1) is 0 Å². The fourth-order valence-electron chi connectivity index (χ4n) is 1.94. The quantitative estimate of drug-likeness (QED) is 0.825. The highest BCUT2D eigenvalue weighted by atomic mass is 16.5. The van der Waals surface area contributed by atoms with E-state index in [-0.39, 0.29) is 11.6 Å². The zero-order chi connectivity index (χ0) is 12.9. The lowest BCUT2D eigenvalue weighted by molar-refractivity contribution is 0.0268. The molecule has 3 nitrogen and oxygen atoms in total. The summed E-state index contributed by atoms with van der Waals surface area (Å²) in [6.45, 7) is 4.61. The summed E-state index contributed by atoms with van der Waals surface area (Å²) < 4.78 is 10.6. The maximum Gasteiger partial charge on any atom is 0.106 e. The normalized spacial score (nSPS) is 13.7. The average molecular weight is 237 g/mol. The van der Waals surface area contributed by atoms with Crippen molar-refractivity contribution in [2.45, 2.75) is 31.9 Å². The third-order valence-corrected chi connectivity index (χ3v) is 2.65. The molecule has 0 heterocycles. The third kappa shape index (κ3) is 4.46. The molecule has 2 N–H and O–H groups in total. The first-order chi connectivity index (χ1) is 7.98. The molecule has 1 unspecified atom stereocenters. The Labute approximate surface area is 104 Å². The SMILES string of the molecule is COCC(OC)c1ccccc1CC(C)(C)N. The molecule has 3 heteroatoms. The van der Waals surface area contributed by atoms with Gasteiger partial charge in [-0.25, -0.2) is 0 Å². The van der Waals surface area contributed by atoms with Crippen molar-refractivity contribution in [3.8, 4) is 0 Å². The van der Waals surface area contributed by atoms with Gasteiger partial charge in [0, 0.05) is 19.8 Å². The Balaban J connectivity index is 2.97. The second kappa shape index (κ2) is 6.15. The van der Waals surface area contributed by atoms with Crippen molar-refractivity contribution in [2.24, 2.45) is 5.73 Å². The van der Waals surface area contributed by atoms with Crippen LogP contribution in [0.4, 0.5) is 0 Å². The van der Waals surface area contributed by atoms with E-state index < -0.39 is 0 Å². The number of ether oxygens (including phenoxy) is 2. The van der Waals surface area contributed by atoms with Gasteiger partial charge in [0.2, 0.25) is 0 Å². The van der Waals surface area contributed by atoms with Gasteiger partial charge < -0.3 is 15.2 Å². The summed E-state index contributed by atoms with van der Waals surface area (Å²) in [6.07, 6.45) is 0.797. The summed E-state index contributed by atoms with van der Waals surface area (Å²) in [5.74, 6) is 0. The molecule has 0 aliphatic carbocycles. The Morgan fingerprint density at radius 3 is 2.41 bits per heavy atom. The largest absolute Gasteiger partial charge is 0.382 e. The minimum atomic E-state index is -0.221. The minimum Gasteiger partial charge on any atom is -0.382 e. The zero-order valence-electron chi connectivity index (χ0n) is 11.2. The van der Waals surface area contributed by atoms with E-state index in [1.165, 1.54) is 5.56 Å². The topological polar surface area (TPSA) is 44.5 Å². The van der Waals surface area contributed by atoms with Gasteiger partial charge in [-0.2, -0.15) is 0 Å². The van der Waals surface area contributed by atoms with Crippen molar-refractivity contribution in [1.29, 1.82) is 0 Å². The number of benzene rings is 1. The molecule has 0 aliphatic rings. The van der Waals surface area contributed by atoms with Gasteiger partial charge >= 0.3 is 0 Å². The van der Waals surface area contributed by atoms with E-state index >= 15 is 0 Å². The highest BCUT2D eigenvalue weighted by Gasteiger charge is 2.18. The fraction of sp³-hybridized carbons (Fsp3) is 0.571. The molecule has 0 spiro atoms. The van der Waals surface area contributed by atoms with Gasteiger partial charge in [-0.15, -0.1) is 0 Å². The number of hydrogen-bond acceptors (Lipinski definition) is 3. The van der Waals surface area contributed by atoms with E-state index in [0.29, 0.717) is 6.61 Å². The zero-order valence-corrected chi connectivity index (χ0v) is 11.2. The number of rotatable bonds is 6. The van der Waals surface area contributed by atoms with Crippen LogP contribution in [0.3, 0.4) is 0 Å². The van der Waals surface area contributed by atoms with Crippen LogP contribution in [-0.2, 0) is 15.9 Å². The molecule has 0 bridgehead atoms. The Hall–Kier alpha value is -0.900. The van der Waals surface area contributed by atoms with Crippen LogP contribution in [0.2, 0.25) is 0 Å². The molecular weight excluding hydrogens is 214 g/mol. The van der Waals surface area contributed by atoms with Crippen LogP contribution in [0.25, 0.3) is 0 Å². The van der Waals surface area contributed by atoms with Gasteiger partial charge in [-0.3, -0.25) is 0 Å². The number of hydrogen-bond donors (Lipinski definition) is 1. The van der Waals surface area contributed by atoms with Gasteiger partial charge in [0.25, 0.3) is 0 Å². The Bertz CT molecular complexity index is 344. The van der Waals surface area contributed by atoms with Crippen molar-refractivity contribution in [3.05, 3.63) is 35.4 Å². The average Bonchev–Trinajstić information content (AvgIpc) is 2.25. The van der Waals surface area contributed by atoms with E-state index in [4.69, 9.17) is 15.2 Å². The summed E-state index contributed by atoms with van der Waals surface area (Å²) in [6, 6.07) is 8.23. The van der Waals surface area contributed by atoms with Crippen molar-refractivity contribution < 1.29 is 9.47 Å². The van der Waals surface area contributed by atoms with Gasteiger partial charge in [0.1, 0.15) is 6.10 Å². The molecule has 0 aliphatic heterocycles. The molecule has 1 aromatic carbocycles. The van der Waals surface area contributed by atoms with Crippen LogP contribution in [0.15, 0.2) is 24.3 Å². The monoisotopic (exact) mass is 237 g/mol. The standard InChI is InChI=1S/C14H23NO2/c1-14(2,15)9-11-7-5-6-8-12(11)13(17-4)10-16-3/h5-8,13H,9-10,15H2,1-4H3. The maximum absolute atomic E-state index is 6.08. The molecule has 96 valence electrons. The van der Waals surface area contributed by atoms with Crippen LogP contribution in [-0.4, -0.2) is 26.4 Å². The van der Waals surface area contributed by atoms with Gasteiger partial charge in [0.05, 0.1) is 6.61 Å². The second-order valence-electron chi connectivity index (χ2n) is 5.04. The summed E-state index contributed by atoms with van der Waals surface area (Å²) in [5, 5.41) is 0. The van der Waals surface area contributed by atoms with Gasteiger partial charge in [-0.05, 0) is 31.4 Å². The Kier molecular flexibility index (Phi) is 5.12. The molecule has 17 heavy (non-hydrogen) atoms. The third-order valence-electron chi connectivity index (χ3n) is 2.65. The molecule has 0 fully saturated rings. The van der Waals surface area contributed by atoms with Crippen molar-refractivity contribution in [2.75, 3.05) is 20.8 Å². The molecule has 0 amide bonds. The first-order valence-electron chi connectivity index (χ1n) is 5.86. The van der Waals surface area contributed by atoms with E-state index in [0.717, 1.165) is 12.0 Å². The first-order valence-corrected chi connectivity index (χ1v) is 5.86. The van der Waals surface area contributed by atoms with E-state index in [9.17, 15) is 0 Å². The maximum atomic E-state index is 6.08. The highest BCUT2D eigenvalue weighted by molar-refractivity contribution is 5.30. The predicted octanol–water partition coefficient (Wildman–Crippen LogP) is 2.30. The number of nitrogens with two attached hydrogens (primary N) is 1. The minimum absolute atomic E-state index is 0.0291. The summed E-state index contributed by atoms with van der Waals surface area (Å²) in [5.41, 5.74) is 8.25. The summed E-state index contributed by atoms with van der Waals surface area (Å²) in [4.78, 5) is 0. The lowest BCUT2D eigenvalue weighted by Crippen LogP contribution is -2.35. The summed E-state index contributed by atoms with van der Waals surface area (Å²) >= 11 is 0. The predicted molar refractivity (Wildman–Crippen MR) is 70.0 cm³/mol. The lowest BCUT2D eigenvalue weighted by Gasteiger charge is -2.23. The van der Waals surface area contributed by atoms with Crippen LogP contribution < -0.4 is 5.73 Å². The highest BCUT2D eigenvalue weighted by Crippen LogP contribution is 2.24. The van der Waals surface area contributed by atoms with Gasteiger partial charge in [0.15, 0.2) is 0 Å². The molecule has 0 radical (unpaired) electrons. The smallest absolute Gasteiger partial charge is 0.106 e. The van der Waals surface area contributed by atoms with Crippen LogP contribution in [0.5, 0.6) is 0 Å². The molecule has 1 atom stereocenters. The van der Waals surface area contributed by atoms with E-state index in [1.54, 1.807) is 14.2 Å². The Morgan fingerprint density at radius 1 is 1.24 bits per heavy atom.